The van der Waals surface area contributed by atoms with Gasteiger partial charge in [0, 0.05) is 0 Å². The molecule has 5 heteroatoms. The number of ether oxygens (including phenoxy) is 2. The summed E-state index contributed by atoms with van der Waals surface area (Å²) in [7, 11) is 0. The molecule has 0 saturated carbocycles. The van der Waals surface area contributed by atoms with Crippen LogP contribution in [0.25, 0.3) is 0 Å². The van der Waals surface area contributed by atoms with Crippen LogP contribution in [-0.4, -0.2) is 31.3 Å². The molecule has 0 aromatic heterocycles. The van der Waals surface area contributed by atoms with Gasteiger partial charge in [-0.2, -0.15) is 0 Å². The van der Waals surface area contributed by atoms with E-state index in [9.17, 15) is 9.59 Å². The van der Waals surface area contributed by atoms with E-state index in [1.54, 1.807) is 0 Å². The Morgan fingerprint density at radius 1 is 0.786 bits per heavy atom. The number of alkyl carbamates (subject to hydrolysis) is 1. The lowest BCUT2D eigenvalue weighted by molar-refractivity contribution is -0.146. The first-order valence-corrected chi connectivity index (χ1v) is 11.4. The molecule has 0 bridgehead atoms. The van der Waals surface area contributed by atoms with Gasteiger partial charge in [-0.05, 0) is 18.3 Å². The molecule has 5 nitrogen and oxygen atoms in total. The van der Waals surface area contributed by atoms with Gasteiger partial charge < -0.3 is 14.8 Å². The van der Waals surface area contributed by atoms with E-state index in [1.807, 2.05) is 20.8 Å². The van der Waals surface area contributed by atoms with E-state index < -0.39 is 12.1 Å². The molecule has 0 aliphatic rings. The average molecular weight is 400 g/mol. The van der Waals surface area contributed by atoms with Crippen LogP contribution in [0.5, 0.6) is 0 Å². The molecule has 166 valence electrons. The molecule has 0 spiro atoms. The van der Waals surface area contributed by atoms with Crippen molar-refractivity contribution >= 4 is 12.1 Å². The van der Waals surface area contributed by atoms with Gasteiger partial charge in [-0.3, -0.25) is 0 Å². The molecule has 0 fully saturated rings. The number of esters is 1. The minimum atomic E-state index is -0.617. The molecule has 0 rings (SSSR count). The Labute approximate surface area is 173 Å². The van der Waals surface area contributed by atoms with Crippen LogP contribution in [0.4, 0.5) is 4.79 Å². The molecule has 0 aliphatic heterocycles. The Balaban J connectivity index is 4.25. The summed E-state index contributed by atoms with van der Waals surface area (Å²) in [6.07, 6.45) is 12.5. The van der Waals surface area contributed by atoms with E-state index in [4.69, 9.17) is 9.47 Å². The molecule has 0 radical (unpaired) electrons. The second kappa shape index (κ2) is 16.7. The Hall–Kier alpha value is -1.26. The normalized spacial score (nSPS) is 12.5. The van der Waals surface area contributed by atoms with Crippen LogP contribution in [-0.2, 0) is 14.3 Å². The lowest BCUT2D eigenvalue weighted by Crippen LogP contribution is -2.43. The Morgan fingerprint density at radius 2 is 1.32 bits per heavy atom. The molecule has 1 unspecified atom stereocenters. The first-order valence-electron chi connectivity index (χ1n) is 11.4. The lowest BCUT2D eigenvalue weighted by atomic mass is 9.99. The number of rotatable bonds is 16. The number of hydrogen-bond donors (Lipinski definition) is 1. The van der Waals surface area contributed by atoms with Gasteiger partial charge in [0.15, 0.2) is 0 Å². The van der Waals surface area contributed by atoms with Gasteiger partial charge in [0.2, 0.25) is 0 Å². The zero-order valence-corrected chi connectivity index (χ0v) is 19.1. The minimum absolute atomic E-state index is 0.106. The number of nitrogens with one attached hydrogen (secondary N) is 1. The summed E-state index contributed by atoms with van der Waals surface area (Å²) in [6, 6.07) is -0.617. The second-order valence-electron chi connectivity index (χ2n) is 8.97. The van der Waals surface area contributed by atoms with E-state index in [0.717, 1.165) is 38.5 Å². The summed E-state index contributed by atoms with van der Waals surface area (Å²) in [5.41, 5.74) is -0.106. The van der Waals surface area contributed by atoms with Crippen LogP contribution >= 0.6 is 0 Å². The molecule has 1 amide bonds. The second-order valence-corrected chi connectivity index (χ2v) is 8.97. The smallest absolute Gasteiger partial charge is 0.407 e. The molecule has 0 saturated heterocycles. The van der Waals surface area contributed by atoms with E-state index in [1.165, 1.54) is 32.1 Å². The zero-order chi connectivity index (χ0) is 21.3. The van der Waals surface area contributed by atoms with Crippen LogP contribution in [0.2, 0.25) is 0 Å². The van der Waals surface area contributed by atoms with Crippen molar-refractivity contribution in [1.29, 1.82) is 0 Å². The van der Waals surface area contributed by atoms with E-state index in [0.29, 0.717) is 19.6 Å². The third-order valence-corrected chi connectivity index (χ3v) is 4.55. The molecule has 0 aromatic carbocycles. The first kappa shape index (κ1) is 26.7. The fourth-order valence-electron chi connectivity index (χ4n) is 2.82. The number of unbranched alkanes of at least 4 members (excludes halogenated alkanes) is 9. The highest BCUT2D eigenvalue weighted by molar-refractivity contribution is 5.81. The number of amides is 1. The Bertz CT molecular complexity index is 404. The quantitative estimate of drug-likeness (QED) is 0.241. The van der Waals surface area contributed by atoms with Crippen molar-refractivity contribution in [2.75, 3.05) is 13.2 Å². The van der Waals surface area contributed by atoms with Crippen LogP contribution < -0.4 is 5.32 Å². The molecular weight excluding hydrogens is 354 g/mol. The van der Waals surface area contributed by atoms with Gasteiger partial charge in [0.25, 0.3) is 0 Å². The topological polar surface area (TPSA) is 64.6 Å². The molecule has 1 atom stereocenters. The van der Waals surface area contributed by atoms with Gasteiger partial charge in [-0.25, -0.2) is 9.59 Å². The molecule has 0 aliphatic carbocycles. The maximum atomic E-state index is 12.4. The zero-order valence-electron chi connectivity index (χ0n) is 19.1. The van der Waals surface area contributed by atoms with Crippen molar-refractivity contribution in [3.8, 4) is 0 Å². The average Bonchev–Trinajstić information content (AvgIpc) is 2.64. The molecule has 0 heterocycles. The van der Waals surface area contributed by atoms with Crippen molar-refractivity contribution in [2.45, 2.75) is 118 Å². The highest BCUT2D eigenvalue weighted by Gasteiger charge is 2.23. The van der Waals surface area contributed by atoms with Gasteiger partial charge >= 0.3 is 12.1 Å². The minimum Gasteiger partial charge on any atom is -0.464 e. The molecular formula is C23H45NO4. The Morgan fingerprint density at radius 3 is 1.89 bits per heavy atom. The maximum Gasteiger partial charge on any atom is 0.407 e. The van der Waals surface area contributed by atoms with E-state index in [-0.39, 0.29) is 11.4 Å². The Kier molecular flexibility index (Phi) is 15.9. The van der Waals surface area contributed by atoms with Crippen molar-refractivity contribution in [2.24, 2.45) is 5.41 Å². The number of carbonyl (C=O) groups excluding carboxylic acids is 2. The molecule has 0 aromatic rings. The van der Waals surface area contributed by atoms with Gasteiger partial charge in [-0.15, -0.1) is 0 Å². The van der Waals surface area contributed by atoms with E-state index in [2.05, 4.69) is 19.2 Å². The maximum absolute atomic E-state index is 12.4. The summed E-state index contributed by atoms with van der Waals surface area (Å²) in [5, 5.41) is 2.71. The monoisotopic (exact) mass is 399 g/mol. The van der Waals surface area contributed by atoms with Crippen LogP contribution in [0.15, 0.2) is 0 Å². The predicted octanol–water partition coefficient (Wildman–Crippen LogP) is 6.39. The largest absolute Gasteiger partial charge is 0.464 e. The highest BCUT2D eigenvalue weighted by Crippen LogP contribution is 2.13. The molecule has 28 heavy (non-hydrogen) atoms. The van der Waals surface area contributed by atoms with Gasteiger partial charge in [0.05, 0.1) is 13.2 Å². The highest BCUT2D eigenvalue weighted by atomic mass is 16.6. The van der Waals surface area contributed by atoms with Crippen molar-refractivity contribution in [3.63, 3.8) is 0 Å². The van der Waals surface area contributed by atoms with Gasteiger partial charge in [0.1, 0.15) is 6.04 Å². The molecule has 1 N–H and O–H groups in total. The predicted molar refractivity (Wildman–Crippen MR) is 115 cm³/mol. The fraction of sp³-hybridized carbons (Fsp3) is 0.913. The third-order valence-electron chi connectivity index (χ3n) is 4.55. The van der Waals surface area contributed by atoms with Crippen molar-refractivity contribution in [3.05, 3.63) is 0 Å². The summed E-state index contributed by atoms with van der Waals surface area (Å²) in [6.45, 7) is 11.1. The fourth-order valence-corrected chi connectivity index (χ4v) is 2.82. The van der Waals surface area contributed by atoms with Crippen LogP contribution in [0, 0.1) is 5.41 Å². The number of hydrogen-bond acceptors (Lipinski definition) is 4. The standard InChI is InChI=1S/C23H45NO4/c1-6-8-10-12-13-14-16-18-27-21(25)20(17-15-11-9-7-2)24-22(26)28-19-23(3,4)5/h20H,6-19H2,1-5H3,(H,24,26). The van der Waals surface area contributed by atoms with Gasteiger partial charge in [-0.1, -0.05) is 98.8 Å². The summed E-state index contributed by atoms with van der Waals surface area (Å²) in [4.78, 5) is 24.5. The third kappa shape index (κ3) is 16.9. The summed E-state index contributed by atoms with van der Waals surface area (Å²) < 4.78 is 10.7. The van der Waals surface area contributed by atoms with Crippen molar-refractivity contribution < 1.29 is 19.1 Å². The first-order chi connectivity index (χ1) is 13.3. The van der Waals surface area contributed by atoms with Crippen LogP contribution in [0.1, 0.15) is 112 Å². The van der Waals surface area contributed by atoms with Crippen LogP contribution in [0.3, 0.4) is 0 Å². The summed E-state index contributed by atoms with van der Waals surface area (Å²) >= 11 is 0. The SMILES string of the molecule is CCCCCCCCCOC(=O)C(CCCCCC)NC(=O)OCC(C)(C)C. The number of carbonyl (C=O) groups is 2. The summed E-state index contributed by atoms with van der Waals surface area (Å²) in [5.74, 6) is -0.338. The van der Waals surface area contributed by atoms with Crippen molar-refractivity contribution in [1.82, 2.24) is 5.32 Å². The lowest BCUT2D eigenvalue weighted by Gasteiger charge is -2.21. The van der Waals surface area contributed by atoms with E-state index >= 15 is 0 Å².